The van der Waals surface area contributed by atoms with Gasteiger partial charge in [0.25, 0.3) is 11.8 Å². The topological polar surface area (TPSA) is 78.5 Å². The quantitative estimate of drug-likeness (QED) is 0.825. The number of nitrogens with one attached hydrogen (secondary N) is 2. The van der Waals surface area contributed by atoms with Crippen LogP contribution in [0.25, 0.3) is 0 Å². The van der Waals surface area contributed by atoms with Gasteiger partial charge in [-0.25, -0.2) is 0 Å². The molecule has 3 amide bonds. The van der Waals surface area contributed by atoms with Gasteiger partial charge < -0.3 is 15.5 Å². The van der Waals surface area contributed by atoms with Crippen molar-refractivity contribution in [3.8, 4) is 0 Å². The molecule has 0 aromatic heterocycles. The molecule has 2 N–H and O–H groups in total. The second-order valence-electron chi connectivity index (χ2n) is 6.45. The SMILES string of the molecule is CCCNC(=O)c1ccccc1NC(=O)c1cccc(N2CCCC2=O)c1. The molecule has 1 aliphatic rings. The van der Waals surface area contributed by atoms with E-state index in [1.54, 1.807) is 47.4 Å². The fourth-order valence-corrected chi connectivity index (χ4v) is 3.05. The van der Waals surface area contributed by atoms with Gasteiger partial charge in [0.05, 0.1) is 11.3 Å². The molecular weight excluding hydrogens is 342 g/mol. The normalized spacial score (nSPS) is 13.5. The molecule has 0 saturated carbocycles. The van der Waals surface area contributed by atoms with Gasteiger partial charge in [0.1, 0.15) is 0 Å². The Hall–Kier alpha value is -3.15. The lowest BCUT2D eigenvalue weighted by molar-refractivity contribution is -0.117. The zero-order valence-corrected chi connectivity index (χ0v) is 15.3. The molecular formula is C21H23N3O3. The maximum Gasteiger partial charge on any atom is 0.255 e. The highest BCUT2D eigenvalue weighted by molar-refractivity contribution is 6.09. The number of nitrogens with zero attached hydrogens (tertiary/aromatic N) is 1. The average molecular weight is 365 g/mol. The van der Waals surface area contributed by atoms with E-state index >= 15 is 0 Å². The Kier molecular flexibility index (Phi) is 5.86. The van der Waals surface area contributed by atoms with Crippen molar-refractivity contribution in [2.24, 2.45) is 0 Å². The lowest BCUT2D eigenvalue weighted by Crippen LogP contribution is -2.26. The summed E-state index contributed by atoms with van der Waals surface area (Å²) in [5.41, 5.74) is 2.04. The van der Waals surface area contributed by atoms with Gasteiger partial charge in [-0.3, -0.25) is 14.4 Å². The van der Waals surface area contributed by atoms with Crippen LogP contribution in [0.2, 0.25) is 0 Å². The Bertz CT molecular complexity index is 863. The van der Waals surface area contributed by atoms with Crippen LogP contribution in [0.15, 0.2) is 48.5 Å². The molecule has 1 heterocycles. The summed E-state index contributed by atoms with van der Waals surface area (Å²) < 4.78 is 0. The second kappa shape index (κ2) is 8.49. The van der Waals surface area contributed by atoms with Crippen molar-refractivity contribution in [2.75, 3.05) is 23.3 Å². The summed E-state index contributed by atoms with van der Waals surface area (Å²) in [6, 6.07) is 13.9. The number of hydrogen-bond donors (Lipinski definition) is 2. The third-order valence-electron chi connectivity index (χ3n) is 4.45. The number of anilines is 2. The Morgan fingerprint density at radius 3 is 2.63 bits per heavy atom. The number of rotatable bonds is 6. The van der Waals surface area contributed by atoms with Crippen molar-refractivity contribution in [1.29, 1.82) is 0 Å². The van der Waals surface area contributed by atoms with Crippen molar-refractivity contribution >= 4 is 29.1 Å². The van der Waals surface area contributed by atoms with Crippen molar-refractivity contribution in [3.05, 3.63) is 59.7 Å². The molecule has 6 heteroatoms. The Morgan fingerprint density at radius 1 is 1.07 bits per heavy atom. The molecule has 0 radical (unpaired) electrons. The first-order chi connectivity index (χ1) is 13.1. The van der Waals surface area contributed by atoms with Crippen molar-refractivity contribution in [1.82, 2.24) is 5.32 Å². The number of carbonyl (C=O) groups is 3. The largest absolute Gasteiger partial charge is 0.352 e. The van der Waals surface area contributed by atoms with Gasteiger partial charge in [-0.15, -0.1) is 0 Å². The first kappa shape index (κ1) is 18.6. The minimum absolute atomic E-state index is 0.0745. The Labute approximate surface area is 158 Å². The minimum Gasteiger partial charge on any atom is -0.352 e. The van der Waals surface area contributed by atoms with E-state index in [1.165, 1.54) is 0 Å². The third-order valence-corrected chi connectivity index (χ3v) is 4.45. The maximum atomic E-state index is 12.7. The first-order valence-electron chi connectivity index (χ1n) is 9.19. The fraction of sp³-hybridized carbons (Fsp3) is 0.286. The molecule has 0 spiro atoms. The van der Waals surface area contributed by atoms with Crippen LogP contribution < -0.4 is 15.5 Å². The predicted octanol–water partition coefficient (Wildman–Crippen LogP) is 3.21. The predicted molar refractivity (Wildman–Crippen MR) is 105 cm³/mol. The number of hydrogen-bond acceptors (Lipinski definition) is 3. The zero-order valence-electron chi connectivity index (χ0n) is 15.3. The van der Waals surface area contributed by atoms with Gasteiger partial charge in [-0.2, -0.15) is 0 Å². The van der Waals surface area contributed by atoms with Crippen LogP contribution >= 0.6 is 0 Å². The Balaban J connectivity index is 1.78. The molecule has 0 bridgehead atoms. The van der Waals surface area contributed by atoms with Gasteiger partial charge in [-0.1, -0.05) is 25.1 Å². The van der Waals surface area contributed by atoms with Crippen LogP contribution in [-0.2, 0) is 4.79 Å². The minimum atomic E-state index is -0.320. The first-order valence-corrected chi connectivity index (χ1v) is 9.19. The lowest BCUT2D eigenvalue weighted by atomic mass is 10.1. The van der Waals surface area contributed by atoms with Gasteiger partial charge in [0, 0.05) is 30.8 Å². The van der Waals surface area contributed by atoms with Gasteiger partial charge in [0.15, 0.2) is 0 Å². The summed E-state index contributed by atoms with van der Waals surface area (Å²) in [7, 11) is 0. The summed E-state index contributed by atoms with van der Waals surface area (Å²) >= 11 is 0. The van der Waals surface area contributed by atoms with Crippen LogP contribution in [0.3, 0.4) is 0 Å². The van der Waals surface area contributed by atoms with Gasteiger partial charge >= 0.3 is 0 Å². The summed E-state index contributed by atoms with van der Waals surface area (Å²) in [6.07, 6.45) is 2.20. The lowest BCUT2D eigenvalue weighted by Gasteiger charge is -2.17. The monoisotopic (exact) mass is 365 g/mol. The van der Waals surface area contributed by atoms with Crippen molar-refractivity contribution in [3.63, 3.8) is 0 Å². The highest BCUT2D eigenvalue weighted by Crippen LogP contribution is 2.23. The van der Waals surface area contributed by atoms with Crippen LogP contribution in [0, 0.1) is 0 Å². The van der Waals surface area contributed by atoms with E-state index in [2.05, 4.69) is 10.6 Å². The Morgan fingerprint density at radius 2 is 1.89 bits per heavy atom. The molecule has 3 rings (SSSR count). The van der Waals surface area contributed by atoms with Crippen molar-refractivity contribution < 1.29 is 14.4 Å². The van der Waals surface area contributed by atoms with E-state index in [-0.39, 0.29) is 17.7 Å². The molecule has 6 nitrogen and oxygen atoms in total. The highest BCUT2D eigenvalue weighted by Gasteiger charge is 2.22. The zero-order chi connectivity index (χ0) is 19.2. The molecule has 2 aromatic carbocycles. The standard InChI is InChI=1S/C21H23N3O3/c1-2-12-22-21(27)17-9-3-4-10-18(17)23-20(26)15-7-5-8-16(14-15)24-13-6-11-19(24)25/h3-5,7-10,14H,2,6,11-13H2,1H3,(H,22,27)(H,23,26). The smallest absolute Gasteiger partial charge is 0.255 e. The number of carbonyl (C=O) groups excluding carboxylic acids is 3. The molecule has 0 aliphatic carbocycles. The summed E-state index contributed by atoms with van der Waals surface area (Å²) in [4.78, 5) is 38.6. The molecule has 27 heavy (non-hydrogen) atoms. The van der Waals surface area contributed by atoms with E-state index in [0.717, 1.165) is 18.5 Å². The number of amides is 3. The number of para-hydroxylation sites is 1. The van der Waals surface area contributed by atoms with Crippen LogP contribution in [0.4, 0.5) is 11.4 Å². The molecule has 0 atom stereocenters. The van der Waals surface area contributed by atoms with E-state index in [9.17, 15) is 14.4 Å². The van der Waals surface area contributed by atoms with Gasteiger partial charge in [-0.05, 0) is 43.2 Å². The van der Waals surface area contributed by atoms with Crippen LogP contribution in [0.5, 0.6) is 0 Å². The van der Waals surface area contributed by atoms with Crippen LogP contribution in [-0.4, -0.2) is 30.8 Å². The second-order valence-corrected chi connectivity index (χ2v) is 6.45. The van der Waals surface area contributed by atoms with Crippen LogP contribution in [0.1, 0.15) is 46.9 Å². The molecule has 1 saturated heterocycles. The molecule has 0 unspecified atom stereocenters. The van der Waals surface area contributed by atoms with E-state index in [4.69, 9.17) is 0 Å². The highest BCUT2D eigenvalue weighted by atomic mass is 16.2. The maximum absolute atomic E-state index is 12.7. The van der Waals surface area contributed by atoms with Crippen molar-refractivity contribution in [2.45, 2.75) is 26.2 Å². The van der Waals surface area contributed by atoms with E-state index < -0.39 is 0 Å². The molecule has 140 valence electrons. The summed E-state index contributed by atoms with van der Waals surface area (Å²) in [6.45, 7) is 3.23. The average Bonchev–Trinajstić information content (AvgIpc) is 3.12. The number of benzene rings is 2. The summed E-state index contributed by atoms with van der Waals surface area (Å²) in [5.74, 6) is -0.464. The van der Waals surface area contributed by atoms with E-state index in [1.807, 2.05) is 13.0 Å². The van der Waals surface area contributed by atoms with E-state index in [0.29, 0.717) is 36.3 Å². The summed E-state index contributed by atoms with van der Waals surface area (Å²) in [5, 5.41) is 5.63. The molecule has 2 aromatic rings. The van der Waals surface area contributed by atoms with Gasteiger partial charge in [0.2, 0.25) is 5.91 Å². The fourth-order valence-electron chi connectivity index (χ4n) is 3.05. The third kappa shape index (κ3) is 4.34. The molecule has 1 aliphatic heterocycles. The molecule has 1 fully saturated rings.